The minimum absolute atomic E-state index is 0.243. The van der Waals surface area contributed by atoms with Crippen LogP contribution in [0.5, 0.6) is 5.75 Å². The first-order valence-electron chi connectivity index (χ1n) is 9.27. The molecule has 0 fully saturated rings. The van der Waals surface area contributed by atoms with E-state index >= 15 is 0 Å². The first kappa shape index (κ1) is 20.8. The van der Waals surface area contributed by atoms with Crippen LogP contribution >= 0.6 is 23.4 Å². The van der Waals surface area contributed by atoms with Crippen LogP contribution in [0.1, 0.15) is 57.2 Å². The number of halogens is 1. The molecule has 1 aromatic heterocycles. The molecule has 0 saturated heterocycles. The molecule has 0 saturated carbocycles. The highest BCUT2D eigenvalue weighted by Gasteiger charge is 2.13. The van der Waals surface area contributed by atoms with Crippen molar-refractivity contribution in [3.63, 3.8) is 0 Å². The average Bonchev–Trinajstić information content (AvgIpc) is 2.66. The molecule has 1 heterocycles. The lowest BCUT2D eigenvalue weighted by Crippen LogP contribution is -2.13. The lowest BCUT2D eigenvalue weighted by atomic mass is 10.2. The normalized spacial score (nSPS) is 10.9. The Balaban J connectivity index is 1.97. The largest absolute Gasteiger partial charge is 0.494 e. The average molecular weight is 395 g/mol. The highest BCUT2D eigenvalue weighted by atomic mass is 35.5. The molecule has 0 aliphatic heterocycles. The van der Waals surface area contributed by atoms with Crippen molar-refractivity contribution in [3.8, 4) is 5.75 Å². The van der Waals surface area contributed by atoms with Crippen molar-refractivity contribution in [2.75, 3.05) is 6.61 Å². The molecular formula is C20H27ClN2O2S. The molecular weight excluding hydrogens is 368 g/mol. The number of benzene rings is 1. The number of thioether (sulfide) groups is 1. The van der Waals surface area contributed by atoms with E-state index in [4.69, 9.17) is 16.3 Å². The Morgan fingerprint density at radius 1 is 1.12 bits per heavy atom. The fourth-order valence-corrected chi connectivity index (χ4v) is 3.84. The maximum Gasteiger partial charge on any atom is 0.284 e. The van der Waals surface area contributed by atoms with Crippen molar-refractivity contribution in [2.24, 2.45) is 0 Å². The molecule has 2 rings (SSSR count). The van der Waals surface area contributed by atoms with Crippen LogP contribution in [0.4, 0.5) is 0 Å². The number of unbranched alkanes of at least 4 members (excludes halogenated alkanes) is 3. The van der Waals surface area contributed by atoms with Crippen LogP contribution in [0.25, 0.3) is 0 Å². The summed E-state index contributed by atoms with van der Waals surface area (Å²) in [4.78, 5) is 12.6. The Hall–Kier alpha value is -1.46. The summed E-state index contributed by atoms with van der Waals surface area (Å²) in [6.07, 6.45) is 6.39. The Labute approximate surface area is 164 Å². The zero-order chi connectivity index (χ0) is 18.8. The van der Waals surface area contributed by atoms with Crippen LogP contribution in [-0.4, -0.2) is 16.8 Å². The van der Waals surface area contributed by atoms with Crippen molar-refractivity contribution in [1.82, 2.24) is 10.2 Å². The standard InChI is InChI=1S/C20H27ClN2O2S/c1-3-5-7-13-25-16-11-9-15(10-12-16)14-26-19-17(8-6-4-2)22-23-20(24)18(19)21/h9-12H,3-8,13-14H2,1-2H3,(H,23,24). The van der Waals surface area contributed by atoms with Crippen molar-refractivity contribution in [1.29, 1.82) is 0 Å². The van der Waals surface area contributed by atoms with Gasteiger partial charge in [-0.1, -0.05) is 56.8 Å². The molecule has 6 heteroatoms. The SMILES string of the molecule is CCCCCOc1ccc(CSc2c(CCCC)n[nH]c(=O)c2Cl)cc1. The molecule has 2 aromatic rings. The van der Waals surface area contributed by atoms with E-state index in [1.807, 2.05) is 12.1 Å². The third kappa shape index (κ3) is 6.36. The summed E-state index contributed by atoms with van der Waals surface area (Å²) in [5.41, 5.74) is 1.70. The summed E-state index contributed by atoms with van der Waals surface area (Å²) in [5, 5.41) is 6.92. The predicted molar refractivity (Wildman–Crippen MR) is 110 cm³/mol. The van der Waals surface area contributed by atoms with E-state index < -0.39 is 0 Å². The zero-order valence-electron chi connectivity index (χ0n) is 15.5. The van der Waals surface area contributed by atoms with Gasteiger partial charge in [-0.25, -0.2) is 5.10 Å². The molecule has 142 valence electrons. The van der Waals surface area contributed by atoms with Gasteiger partial charge in [0, 0.05) is 5.75 Å². The molecule has 0 spiro atoms. The summed E-state index contributed by atoms with van der Waals surface area (Å²) >= 11 is 7.79. The van der Waals surface area contributed by atoms with Gasteiger partial charge in [-0.15, -0.1) is 11.8 Å². The van der Waals surface area contributed by atoms with Gasteiger partial charge in [0.1, 0.15) is 10.8 Å². The monoisotopic (exact) mass is 394 g/mol. The number of nitrogens with one attached hydrogen (secondary N) is 1. The van der Waals surface area contributed by atoms with E-state index in [1.165, 1.54) is 12.8 Å². The van der Waals surface area contributed by atoms with Crippen molar-refractivity contribution in [2.45, 2.75) is 63.0 Å². The smallest absolute Gasteiger partial charge is 0.284 e. The number of hydrogen-bond donors (Lipinski definition) is 1. The van der Waals surface area contributed by atoms with Gasteiger partial charge in [0.15, 0.2) is 0 Å². The minimum Gasteiger partial charge on any atom is -0.494 e. The number of aryl methyl sites for hydroxylation is 1. The van der Waals surface area contributed by atoms with E-state index in [2.05, 4.69) is 36.2 Å². The van der Waals surface area contributed by atoms with E-state index in [1.54, 1.807) is 11.8 Å². The maximum absolute atomic E-state index is 11.8. The summed E-state index contributed by atoms with van der Waals surface area (Å²) in [5.74, 6) is 1.63. The van der Waals surface area contributed by atoms with Gasteiger partial charge in [-0.3, -0.25) is 4.79 Å². The molecule has 0 aliphatic rings. The van der Waals surface area contributed by atoms with Crippen molar-refractivity contribution >= 4 is 23.4 Å². The summed E-state index contributed by atoms with van der Waals surface area (Å²) in [7, 11) is 0. The van der Waals surface area contributed by atoms with Crippen molar-refractivity contribution < 1.29 is 4.74 Å². The summed E-state index contributed by atoms with van der Waals surface area (Å²) in [6, 6.07) is 8.11. The first-order chi connectivity index (χ1) is 12.7. The van der Waals surface area contributed by atoms with Gasteiger partial charge < -0.3 is 4.74 Å². The quantitative estimate of drug-likeness (QED) is 0.396. The van der Waals surface area contributed by atoms with Crippen LogP contribution in [0.15, 0.2) is 34.0 Å². The van der Waals surface area contributed by atoms with E-state index in [0.717, 1.165) is 59.9 Å². The molecule has 0 bridgehead atoms. The number of H-pyrrole nitrogens is 1. The second-order valence-corrected chi connectivity index (χ2v) is 7.60. The Kier molecular flexibility index (Phi) is 9.06. The van der Waals surface area contributed by atoms with Gasteiger partial charge in [-0.2, -0.15) is 5.10 Å². The zero-order valence-corrected chi connectivity index (χ0v) is 17.1. The Bertz CT molecular complexity index is 732. The number of ether oxygens (including phenoxy) is 1. The number of aromatic amines is 1. The maximum atomic E-state index is 11.8. The third-order valence-corrected chi connectivity index (χ3v) is 5.72. The number of aromatic nitrogens is 2. The lowest BCUT2D eigenvalue weighted by Gasteiger charge is -2.10. The first-order valence-corrected chi connectivity index (χ1v) is 10.6. The van der Waals surface area contributed by atoms with Crippen LogP contribution in [-0.2, 0) is 12.2 Å². The fraction of sp³-hybridized carbons (Fsp3) is 0.500. The van der Waals surface area contributed by atoms with Gasteiger partial charge in [0.2, 0.25) is 0 Å². The molecule has 26 heavy (non-hydrogen) atoms. The second kappa shape index (κ2) is 11.3. The predicted octanol–water partition coefficient (Wildman–Crippen LogP) is 5.63. The van der Waals surface area contributed by atoms with E-state index in [9.17, 15) is 4.79 Å². The highest BCUT2D eigenvalue weighted by molar-refractivity contribution is 7.98. The topological polar surface area (TPSA) is 55.0 Å². The van der Waals surface area contributed by atoms with Gasteiger partial charge in [0.05, 0.1) is 17.2 Å². The van der Waals surface area contributed by atoms with Crippen LogP contribution in [0.3, 0.4) is 0 Å². The molecule has 1 N–H and O–H groups in total. The number of hydrogen-bond acceptors (Lipinski definition) is 4. The molecule has 0 radical (unpaired) electrons. The summed E-state index contributed by atoms with van der Waals surface area (Å²) in [6.45, 7) is 5.07. The van der Waals surface area contributed by atoms with E-state index in [-0.39, 0.29) is 10.6 Å². The second-order valence-electron chi connectivity index (χ2n) is 6.23. The van der Waals surface area contributed by atoms with Crippen LogP contribution in [0.2, 0.25) is 5.02 Å². The van der Waals surface area contributed by atoms with Gasteiger partial charge >= 0.3 is 0 Å². The van der Waals surface area contributed by atoms with Crippen LogP contribution in [0, 0.1) is 0 Å². The molecule has 0 amide bonds. The molecule has 0 atom stereocenters. The summed E-state index contributed by atoms with van der Waals surface area (Å²) < 4.78 is 5.74. The molecule has 1 aromatic carbocycles. The number of rotatable bonds is 11. The Morgan fingerprint density at radius 3 is 2.54 bits per heavy atom. The molecule has 0 unspecified atom stereocenters. The van der Waals surface area contributed by atoms with Crippen LogP contribution < -0.4 is 10.3 Å². The highest BCUT2D eigenvalue weighted by Crippen LogP contribution is 2.31. The van der Waals surface area contributed by atoms with E-state index in [0.29, 0.717) is 0 Å². The third-order valence-electron chi connectivity index (χ3n) is 4.04. The Morgan fingerprint density at radius 2 is 1.85 bits per heavy atom. The molecule has 4 nitrogen and oxygen atoms in total. The fourth-order valence-electron chi connectivity index (χ4n) is 2.49. The van der Waals surface area contributed by atoms with Gasteiger partial charge in [-0.05, 0) is 37.0 Å². The number of nitrogens with zero attached hydrogens (tertiary/aromatic N) is 1. The minimum atomic E-state index is -0.328. The van der Waals surface area contributed by atoms with Gasteiger partial charge in [0.25, 0.3) is 5.56 Å². The lowest BCUT2D eigenvalue weighted by molar-refractivity contribution is 0.306. The molecule has 0 aliphatic carbocycles. The van der Waals surface area contributed by atoms with Crippen molar-refractivity contribution in [3.05, 3.63) is 50.9 Å².